The van der Waals surface area contributed by atoms with Gasteiger partial charge in [0.2, 0.25) is 0 Å². The van der Waals surface area contributed by atoms with E-state index in [-0.39, 0.29) is 17.3 Å². The summed E-state index contributed by atoms with van der Waals surface area (Å²) < 4.78 is 4.84. The lowest BCUT2D eigenvalue weighted by Gasteiger charge is -2.24. The van der Waals surface area contributed by atoms with E-state index in [2.05, 4.69) is 11.6 Å². The zero-order valence-corrected chi connectivity index (χ0v) is 15.6. The number of imidazole rings is 1. The van der Waals surface area contributed by atoms with Crippen molar-refractivity contribution >= 4 is 11.2 Å². The Morgan fingerprint density at radius 2 is 1.93 bits per heavy atom. The molecule has 2 heterocycles. The number of fused-ring (bicyclic) bond motifs is 1. The van der Waals surface area contributed by atoms with Crippen LogP contribution in [0.3, 0.4) is 0 Å². The monoisotopic (exact) mass is 364 g/mol. The van der Waals surface area contributed by atoms with Crippen LogP contribution in [0, 0.1) is 6.92 Å². The normalized spacial score (nSPS) is 15.3. The maximum absolute atomic E-state index is 13.5. The third-order valence-electron chi connectivity index (χ3n) is 5.47. The maximum atomic E-state index is 13.5. The molecular formula is C21H24N4O2. The minimum atomic E-state index is -0.294. The van der Waals surface area contributed by atoms with Crippen LogP contribution in [0.4, 0.5) is 0 Å². The highest BCUT2D eigenvalue weighted by Gasteiger charge is 2.25. The molecule has 3 aromatic rings. The third kappa shape index (κ3) is 2.85. The number of benzene rings is 1. The van der Waals surface area contributed by atoms with E-state index < -0.39 is 0 Å². The molecule has 1 aliphatic rings. The van der Waals surface area contributed by atoms with E-state index in [1.807, 2.05) is 31.2 Å². The van der Waals surface area contributed by atoms with E-state index in [0.717, 1.165) is 43.4 Å². The maximum Gasteiger partial charge on any atom is 0.337 e. The quantitative estimate of drug-likeness (QED) is 0.667. The van der Waals surface area contributed by atoms with Gasteiger partial charge in [-0.15, -0.1) is 6.58 Å². The Kier molecular flexibility index (Phi) is 4.56. The van der Waals surface area contributed by atoms with Crippen LogP contribution in [-0.4, -0.2) is 18.7 Å². The predicted octanol–water partition coefficient (Wildman–Crippen LogP) is 3.35. The molecule has 140 valence electrons. The minimum absolute atomic E-state index is 0.0505. The van der Waals surface area contributed by atoms with Crippen molar-refractivity contribution < 1.29 is 0 Å². The smallest absolute Gasteiger partial charge is 0.321 e. The largest absolute Gasteiger partial charge is 0.337 e. The molecule has 0 unspecified atom stereocenters. The van der Waals surface area contributed by atoms with Crippen LogP contribution in [0.25, 0.3) is 16.9 Å². The van der Waals surface area contributed by atoms with Crippen LogP contribution >= 0.6 is 0 Å². The zero-order chi connectivity index (χ0) is 19.0. The Labute approximate surface area is 157 Å². The Morgan fingerprint density at radius 1 is 1.19 bits per heavy atom. The summed E-state index contributed by atoms with van der Waals surface area (Å²) in [6.45, 7) is 6.21. The van der Waals surface area contributed by atoms with E-state index in [9.17, 15) is 9.59 Å². The first-order valence-corrected chi connectivity index (χ1v) is 9.52. The van der Waals surface area contributed by atoms with Gasteiger partial charge >= 0.3 is 5.69 Å². The molecule has 1 fully saturated rings. The van der Waals surface area contributed by atoms with E-state index in [0.29, 0.717) is 17.7 Å². The van der Waals surface area contributed by atoms with Gasteiger partial charge in [0.05, 0.1) is 12.0 Å². The summed E-state index contributed by atoms with van der Waals surface area (Å²) in [5.41, 5.74) is 2.06. The first kappa shape index (κ1) is 17.5. The van der Waals surface area contributed by atoms with Gasteiger partial charge in [-0.2, -0.15) is 0 Å². The van der Waals surface area contributed by atoms with Gasteiger partial charge in [-0.1, -0.05) is 43.5 Å². The summed E-state index contributed by atoms with van der Waals surface area (Å²) in [7, 11) is 0. The van der Waals surface area contributed by atoms with Gasteiger partial charge in [-0.05, 0) is 31.4 Å². The van der Waals surface area contributed by atoms with Gasteiger partial charge in [-0.25, -0.2) is 14.3 Å². The molecule has 0 amide bonds. The van der Waals surface area contributed by atoms with E-state index >= 15 is 0 Å². The van der Waals surface area contributed by atoms with Crippen molar-refractivity contribution in [2.24, 2.45) is 0 Å². The number of rotatable bonds is 4. The van der Waals surface area contributed by atoms with Crippen molar-refractivity contribution in [3.05, 3.63) is 69.6 Å². The van der Waals surface area contributed by atoms with Crippen LogP contribution < -0.4 is 11.2 Å². The van der Waals surface area contributed by atoms with E-state index in [1.54, 1.807) is 21.5 Å². The number of hydrogen-bond acceptors (Lipinski definition) is 3. The van der Waals surface area contributed by atoms with Crippen molar-refractivity contribution in [3.63, 3.8) is 0 Å². The molecule has 0 bridgehead atoms. The summed E-state index contributed by atoms with van der Waals surface area (Å²) in [6.07, 6.45) is 8.33. The lowest BCUT2D eigenvalue weighted by molar-refractivity contribution is 0.335. The zero-order valence-electron chi connectivity index (χ0n) is 15.6. The van der Waals surface area contributed by atoms with Gasteiger partial charge in [0.15, 0.2) is 11.2 Å². The molecule has 1 saturated carbocycles. The number of aromatic nitrogens is 4. The van der Waals surface area contributed by atoms with Crippen molar-refractivity contribution in [1.82, 2.24) is 18.7 Å². The number of aryl methyl sites for hydroxylation is 1. The molecule has 0 saturated heterocycles. The summed E-state index contributed by atoms with van der Waals surface area (Å²) >= 11 is 0. The molecule has 1 aromatic carbocycles. The molecule has 4 rings (SSSR count). The predicted molar refractivity (Wildman–Crippen MR) is 107 cm³/mol. The lowest BCUT2D eigenvalue weighted by atomic mass is 9.95. The molecule has 27 heavy (non-hydrogen) atoms. The van der Waals surface area contributed by atoms with Crippen LogP contribution in [0.5, 0.6) is 0 Å². The second-order valence-corrected chi connectivity index (χ2v) is 7.23. The first-order chi connectivity index (χ1) is 13.1. The molecular weight excluding hydrogens is 340 g/mol. The Morgan fingerprint density at radius 3 is 2.63 bits per heavy atom. The molecule has 2 aromatic heterocycles. The minimum Gasteiger partial charge on any atom is -0.321 e. The number of nitrogens with zero attached hydrogens (tertiary/aromatic N) is 4. The summed E-state index contributed by atoms with van der Waals surface area (Å²) in [4.78, 5) is 31.2. The summed E-state index contributed by atoms with van der Waals surface area (Å²) in [6, 6.07) is 7.65. The van der Waals surface area contributed by atoms with Crippen molar-refractivity contribution in [1.29, 1.82) is 0 Å². The SMILES string of the molecule is C=CCn1cnc2c1c(=O)n(C1CCCCC1)c(=O)n2-c1ccccc1C. The van der Waals surface area contributed by atoms with E-state index in [4.69, 9.17) is 0 Å². The summed E-state index contributed by atoms with van der Waals surface area (Å²) in [5.74, 6) is 0. The average molecular weight is 364 g/mol. The van der Waals surface area contributed by atoms with Gasteiger partial charge < -0.3 is 4.57 Å². The van der Waals surface area contributed by atoms with Crippen molar-refractivity contribution in [3.8, 4) is 5.69 Å². The molecule has 0 radical (unpaired) electrons. The van der Waals surface area contributed by atoms with Crippen LogP contribution in [0.2, 0.25) is 0 Å². The number of para-hydroxylation sites is 1. The highest BCUT2D eigenvalue weighted by atomic mass is 16.2. The molecule has 6 nitrogen and oxygen atoms in total. The van der Waals surface area contributed by atoms with Crippen LogP contribution in [0.15, 0.2) is 52.8 Å². The van der Waals surface area contributed by atoms with Crippen LogP contribution in [-0.2, 0) is 6.54 Å². The standard InChI is InChI=1S/C21H24N4O2/c1-3-13-23-14-22-19-18(23)20(26)24(16-10-5-4-6-11-16)21(27)25(19)17-12-8-7-9-15(17)2/h3,7-9,12,14,16H,1,4-6,10-11,13H2,2H3. The molecule has 0 atom stereocenters. The fourth-order valence-corrected chi connectivity index (χ4v) is 4.12. The third-order valence-corrected chi connectivity index (χ3v) is 5.47. The average Bonchev–Trinajstić information content (AvgIpc) is 3.08. The van der Waals surface area contributed by atoms with Crippen molar-refractivity contribution in [2.45, 2.75) is 51.6 Å². The number of hydrogen-bond donors (Lipinski definition) is 0. The Balaban J connectivity index is 2.10. The second-order valence-electron chi connectivity index (χ2n) is 7.23. The fourth-order valence-electron chi connectivity index (χ4n) is 4.12. The van der Waals surface area contributed by atoms with Crippen LogP contribution in [0.1, 0.15) is 43.7 Å². The van der Waals surface area contributed by atoms with E-state index in [1.165, 1.54) is 4.57 Å². The first-order valence-electron chi connectivity index (χ1n) is 9.52. The Hall–Kier alpha value is -2.89. The molecule has 0 aliphatic heterocycles. The highest BCUT2D eigenvalue weighted by Crippen LogP contribution is 2.27. The topological polar surface area (TPSA) is 61.8 Å². The molecule has 0 spiro atoms. The Bertz CT molecular complexity index is 1110. The second kappa shape index (κ2) is 7.02. The number of allylic oxidation sites excluding steroid dienone is 1. The fraction of sp³-hybridized carbons (Fsp3) is 0.381. The summed E-state index contributed by atoms with van der Waals surface area (Å²) in [5, 5.41) is 0. The highest BCUT2D eigenvalue weighted by molar-refractivity contribution is 5.73. The van der Waals surface area contributed by atoms with Gasteiger partial charge in [0.25, 0.3) is 5.56 Å². The molecule has 1 aliphatic carbocycles. The molecule has 6 heteroatoms. The molecule has 0 N–H and O–H groups in total. The van der Waals surface area contributed by atoms with Gasteiger partial charge in [-0.3, -0.25) is 9.36 Å². The van der Waals surface area contributed by atoms with Crippen molar-refractivity contribution in [2.75, 3.05) is 0 Å². The lowest BCUT2D eigenvalue weighted by Crippen LogP contribution is -2.43. The van der Waals surface area contributed by atoms with Gasteiger partial charge in [0.1, 0.15) is 0 Å². The van der Waals surface area contributed by atoms with Gasteiger partial charge in [0, 0.05) is 12.6 Å².